The largest absolute Gasteiger partial charge is 0.307 e. The van der Waals surface area contributed by atoms with E-state index in [1.807, 2.05) is 32.0 Å². The fraction of sp³-hybridized carbons (Fsp3) is 0.357. The summed E-state index contributed by atoms with van der Waals surface area (Å²) in [5.74, 6) is -0.166. The van der Waals surface area contributed by atoms with Crippen molar-refractivity contribution in [3.05, 3.63) is 41.6 Å². The molecule has 4 nitrogen and oxygen atoms in total. The zero-order valence-corrected chi connectivity index (χ0v) is 12.2. The molecule has 5 heteroatoms. The van der Waals surface area contributed by atoms with Crippen molar-refractivity contribution in [2.75, 3.05) is 24.4 Å². The van der Waals surface area contributed by atoms with Crippen molar-refractivity contribution in [3.63, 3.8) is 0 Å². The van der Waals surface area contributed by atoms with Crippen molar-refractivity contribution in [1.82, 2.24) is 5.48 Å². The number of hydrogen-bond acceptors (Lipinski definition) is 3. The number of nitrogens with one attached hydrogen (secondary N) is 1. The lowest BCUT2D eigenvalue weighted by atomic mass is 10.1. The Labute approximate surface area is 119 Å². The van der Waals surface area contributed by atoms with Gasteiger partial charge >= 0.3 is 0 Å². The summed E-state index contributed by atoms with van der Waals surface area (Å²) < 4.78 is 0. The van der Waals surface area contributed by atoms with Crippen LogP contribution in [0.15, 0.2) is 30.5 Å². The molecule has 1 amide bonds. The van der Waals surface area contributed by atoms with Gasteiger partial charge in [-0.25, -0.2) is 0 Å². The Balaban J connectivity index is 3.00. The lowest BCUT2D eigenvalue weighted by Gasteiger charge is -2.24. The molecular weight excluding hydrogens is 264 g/mol. The molecule has 0 aromatic heterocycles. The van der Waals surface area contributed by atoms with Crippen LogP contribution in [0.5, 0.6) is 0 Å². The summed E-state index contributed by atoms with van der Waals surface area (Å²) in [5, 5.41) is 0. The van der Waals surface area contributed by atoms with E-state index in [1.165, 1.54) is 7.11 Å². The molecule has 0 spiro atoms. The van der Waals surface area contributed by atoms with E-state index in [0.29, 0.717) is 6.54 Å². The topological polar surface area (TPSA) is 41.6 Å². The molecule has 0 atom stereocenters. The first kappa shape index (κ1) is 15.5. The maximum Gasteiger partial charge on any atom is 0.242 e. The van der Waals surface area contributed by atoms with E-state index in [-0.39, 0.29) is 11.8 Å². The molecule has 0 aliphatic rings. The van der Waals surface area contributed by atoms with Crippen molar-refractivity contribution in [1.29, 1.82) is 0 Å². The van der Waals surface area contributed by atoms with Gasteiger partial charge in [0.05, 0.1) is 7.11 Å². The van der Waals surface area contributed by atoms with Crippen LogP contribution < -0.4 is 10.4 Å². The van der Waals surface area contributed by atoms with E-state index in [4.69, 9.17) is 16.4 Å². The Morgan fingerprint density at radius 2 is 2.05 bits per heavy atom. The highest BCUT2D eigenvalue weighted by Crippen LogP contribution is 2.24. The summed E-state index contributed by atoms with van der Waals surface area (Å²) in [7, 11) is 1.53. The summed E-state index contributed by atoms with van der Waals surface area (Å²) in [5.41, 5.74) is 5.60. The van der Waals surface area contributed by atoms with E-state index in [9.17, 15) is 4.79 Å². The van der Waals surface area contributed by atoms with Crippen molar-refractivity contribution in [2.45, 2.75) is 13.8 Å². The third kappa shape index (κ3) is 4.26. The highest BCUT2D eigenvalue weighted by atomic mass is 35.5. The number of hydrogen-bond donors (Lipinski definition) is 1. The second-order valence-electron chi connectivity index (χ2n) is 4.10. The third-order valence-electron chi connectivity index (χ3n) is 2.72. The van der Waals surface area contributed by atoms with Gasteiger partial charge in [0.2, 0.25) is 5.91 Å². The number of carbonyl (C=O) groups is 1. The fourth-order valence-corrected chi connectivity index (χ4v) is 2.04. The van der Waals surface area contributed by atoms with E-state index in [0.717, 1.165) is 16.8 Å². The molecule has 1 aromatic carbocycles. The van der Waals surface area contributed by atoms with Crippen molar-refractivity contribution >= 4 is 23.2 Å². The molecular formula is C14H19ClN2O2. The fourth-order valence-electron chi connectivity index (χ4n) is 1.90. The van der Waals surface area contributed by atoms with Crippen molar-refractivity contribution < 1.29 is 9.63 Å². The Morgan fingerprint density at radius 3 is 2.58 bits per heavy atom. The predicted molar refractivity (Wildman–Crippen MR) is 78.3 cm³/mol. The van der Waals surface area contributed by atoms with E-state index in [1.54, 1.807) is 17.2 Å². The first-order valence-electron chi connectivity index (χ1n) is 5.98. The number of para-hydroxylation sites is 1. The van der Waals surface area contributed by atoms with Gasteiger partial charge in [-0.05, 0) is 31.1 Å². The molecule has 19 heavy (non-hydrogen) atoms. The second-order valence-corrected chi connectivity index (χ2v) is 4.37. The van der Waals surface area contributed by atoms with Crippen molar-refractivity contribution in [3.8, 4) is 0 Å². The van der Waals surface area contributed by atoms with Gasteiger partial charge in [-0.1, -0.05) is 18.2 Å². The standard InChI is InChI=1S/C14H19ClN2O2/c1-11-6-4-7-12(2)14(11)17(13(18)10-15)9-5-8-16-19-3/h4-8,16H,9-10H2,1-3H3. The predicted octanol–water partition coefficient (Wildman–Crippen LogP) is 2.54. The van der Waals surface area contributed by atoms with Crippen LogP contribution in [0, 0.1) is 13.8 Å². The van der Waals surface area contributed by atoms with Gasteiger partial charge in [-0.2, -0.15) is 0 Å². The maximum absolute atomic E-state index is 12.0. The molecule has 0 aliphatic carbocycles. The molecule has 0 heterocycles. The van der Waals surface area contributed by atoms with Crippen LogP contribution in [-0.4, -0.2) is 25.4 Å². The SMILES string of the molecule is CONC=CCN(C(=O)CCl)c1c(C)cccc1C. The highest BCUT2D eigenvalue weighted by molar-refractivity contribution is 6.29. The van der Waals surface area contributed by atoms with Gasteiger partial charge in [0.25, 0.3) is 0 Å². The summed E-state index contributed by atoms with van der Waals surface area (Å²) in [4.78, 5) is 18.4. The number of anilines is 1. The normalized spacial score (nSPS) is 10.7. The van der Waals surface area contributed by atoms with Crippen LogP contribution >= 0.6 is 11.6 Å². The summed E-state index contributed by atoms with van der Waals surface area (Å²) in [6.07, 6.45) is 3.45. The zero-order chi connectivity index (χ0) is 14.3. The van der Waals surface area contributed by atoms with Crippen LogP contribution in [0.4, 0.5) is 5.69 Å². The number of rotatable bonds is 6. The maximum atomic E-state index is 12.0. The number of aryl methyl sites for hydroxylation is 2. The number of benzene rings is 1. The molecule has 0 saturated heterocycles. The van der Waals surface area contributed by atoms with Crippen LogP contribution in [0.1, 0.15) is 11.1 Å². The van der Waals surface area contributed by atoms with E-state index in [2.05, 4.69) is 5.48 Å². The van der Waals surface area contributed by atoms with Gasteiger partial charge in [0.1, 0.15) is 5.88 Å². The van der Waals surface area contributed by atoms with Gasteiger partial charge in [0, 0.05) is 18.4 Å². The first-order valence-corrected chi connectivity index (χ1v) is 6.51. The molecule has 0 aliphatic heterocycles. The Hall–Kier alpha value is -1.52. The van der Waals surface area contributed by atoms with Gasteiger partial charge in [0.15, 0.2) is 0 Å². The Bertz CT molecular complexity index is 441. The van der Waals surface area contributed by atoms with Crippen LogP contribution in [-0.2, 0) is 9.63 Å². The average Bonchev–Trinajstić information content (AvgIpc) is 2.40. The van der Waals surface area contributed by atoms with Crippen molar-refractivity contribution in [2.24, 2.45) is 0 Å². The van der Waals surface area contributed by atoms with Crippen LogP contribution in [0.3, 0.4) is 0 Å². The minimum absolute atomic E-state index is 0.0423. The number of alkyl halides is 1. The lowest BCUT2D eigenvalue weighted by Crippen LogP contribution is -2.33. The minimum atomic E-state index is -0.124. The molecule has 0 fully saturated rings. The molecule has 0 radical (unpaired) electrons. The number of hydroxylamine groups is 1. The molecule has 0 saturated carbocycles. The lowest BCUT2D eigenvalue weighted by molar-refractivity contribution is -0.116. The Morgan fingerprint density at radius 1 is 1.42 bits per heavy atom. The van der Waals surface area contributed by atoms with E-state index >= 15 is 0 Å². The molecule has 0 bridgehead atoms. The quantitative estimate of drug-likeness (QED) is 0.644. The zero-order valence-electron chi connectivity index (χ0n) is 11.4. The average molecular weight is 283 g/mol. The number of carbonyl (C=O) groups excluding carboxylic acids is 1. The second kappa shape index (κ2) is 7.81. The molecule has 104 valence electrons. The monoisotopic (exact) mass is 282 g/mol. The number of amides is 1. The molecule has 0 unspecified atom stereocenters. The van der Waals surface area contributed by atoms with E-state index < -0.39 is 0 Å². The number of nitrogens with zero attached hydrogens (tertiary/aromatic N) is 1. The summed E-state index contributed by atoms with van der Waals surface area (Å²) in [6, 6.07) is 5.93. The number of halogens is 1. The minimum Gasteiger partial charge on any atom is -0.307 e. The van der Waals surface area contributed by atoms with Gasteiger partial charge in [-0.15, -0.1) is 11.6 Å². The molecule has 1 aromatic rings. The molecule has 1 rings (SSSR count). The van der Waals surface area contributed by atoms with Crippen LogP contribution in [0.2, 0.25) is 0 Å². The third-order valence-corrected chi connectivity index (χ3v) is 2.95. The van der Waals surface area contributed by atoms with Gasteiger partial charge in [-0.3, -0.25) is 15.1 Å². The Kier molecular flexibility index (Phi) is 6.39. The smallest absolute Gasteiger partial charge is 0.242 e. The summed E-state index contributed by atoms with van der Waals surface area (Å²) >= 11 is 5.69. The highest BCUT2D eigenvalue weighted by Gasteiger charge is 2.17. The van der Waals surface area contributed by atoms with Gasteiger partial charge < -0.3 is 4.90 Å². The summed E-state index contributed by atoms with van der Waals surface area (Å²) in [6.45, 7) is 4.40. The molecule has 1 N–H and O–H groups in total. The van der Waals surface area contributed by atoms with Crippen LogP contribution in [0.25, 0.3) is 0 Å². The first-order chi connectivity index (χ1) is 9.11.